The highest BCUT2D eigenvalue weighted by molar-refractivity contribution is 7.97. The third-order valence-electron chi connectivity index (χ3n) is 2.38. The lowest BCUT2D eigenvalue weighted by molar-refractivity contribution is 0.108. The van der Waals surface area contributed by atoms with Gasteiger partial charge in [-0.1, -0.05) is 24.3 Å². The first-order chi connectivity index (χ1) is 7.61. The summed E-state index contributed by atoms with van der Waals surface area (Å²) in [7, 11) is 0. The Kier molecular flexibility index (Phi) is 3.03. The average molecular weight is 248 g/mol. The van der Waals surface area contributed by atoms with Crippen molar-refractivity contribution in [2.45, 2.75) is 0 Å². The molecule has 0 atom stereocenters. The Hall–Kier alpha value is -1.26. The second-order valence-electron chi connectivity index (χ2n) is 3.32. The minimum atomic E-state index is -0.311. The highest BCUT2D eigenvalue weighted by Crippen LogP contribution is 2.24. The van der Waals surface area contributed by atoms with Crippen LogP contribution in [0.3, 0.4) is 0 Å². The molecule has 0 bridgehead atoms. The van der Waals surface area contributed by atoms with Gasteiger partial charge in [-0.25, -0.2) is 0 Å². The quantitative estimate of drug-likeness (QED) is 0.801. The van der Waals surface area contributed by atoms with Gasteiger partial charge in [-0.3, -0.25) is 9.59 Å². The van der Waals surface area contributed by atoms with E-state index in [1.807, 2.05) is 12.1 Å². The summed E-state index contributed by atoms with van der Waals surface area (Å²) in [6.07, 6.45) is 0. The molecule has 0 aliphatic heterocycles. The van der Waals surface area contributed by atoms with Crippen molar-refractivity contribution in [3.8, 4) is 0 Å². The molecule has 0 saturated heterocycles. The van der Waals surface area contributed by atoms with Crippen LogP contribution in [0.15, 0.2) is 36.4 Å². The fourth-order valence-electron chi connectivity index (χ4n) is 1.67. The van der Waals surface area contributed by atoms with E-state index in [1.54, 1.807) is 24.3 Å². The summed E-state index contributed by atoms with van der Waals surface area (Å²) in [6.45, 7) is 0. The topological polar surface area (TPSA) is 34.1 Å². The summed E-state index contributed by atoms with van der Waals surface area (Å²) < 4.78 is 0. The molecule has 0 spiro atoms. The van der Waals surface area contributed by atoms with Crippen molar-refractivity contribution >= 4 is 46.3 Å². The molecule has 4 heteroatoms. The maximum Gasteiger partial charge on any atom is 0.216 e. The van der Waals surface area contributed by atoms with Gasteiger partial charge in [0.05, 0.1) is 0 Å². The minimum Gasteiger partial charge on any atom is -0.282 e. The summed E-state index contributed by atoms with van der Waals surface area (Å²) in [6, 6.07) is 10.4. The molecule has 0 amide bonds. The molecule has 0 aromatic heterocycles. The maximum atomic E-state index is 11.3. The number of benzene rings is 2. The van der Waals surface area contributed by atoms with Gasteiger partial charge in [-0.05, 0) is 22.9 Å². The molecular weight excluding hydrogens is 240 g/mol. The van der Waals surface area contributed by atoms with Gasteiger partial charge >= 0.3 is 0 Å². The van der Waals surface area contributed by atoms with Crippen LogP contribution in [-0.4, -0.2) is 10.2 Å². The number of hydrogen-bond acceptors (Lipinski definition) is 2. The molecule has 0 unspecified atom stereocenters. The normalized spacial score (nSPS) is 10.4. The van der Waals surface area contributed by atoms with Crippen LogP contribution >= 0.6 is 25.3 Å². The van der Waals surface area contributed by atoms with E-state index in [2.05, 4.69) is 25.3 Å². The Labute approximate surface area is 103 Å². The number of thiol groups is 2. The molecule has 0 aliphatic rings. The van der Waals surface area contributed by atoms with E-state index < -0.39 is 0 Å². The van der Waals surface area contributed by atoms with Gasteiger partial charge in [0.25, 0.3) is 0 Å². The van der Waals surface area contributed by atoms with Gasteiger partial charge in [-0.15, -0.1) is 25.3 Å². The van der Waals surface area contributed by atoms with Crippen LogP contribution in [0.1, 0.15) is 20.7 Å². The highest BCUT2D eigenvalue weighted by atomic mass is 32.1. The van der Waals surface area contributed by atoms with Gasteiger partial charge < -0.3 is 0 Å². The fraction of sp³-hybridized carbons (Fsp3) is 0. The van der Waals surface area contributed by atoms with Gasteiger partial charge in [0.15, 0.2) is 0 Å². The van der Waals surface area contributed by atoms with Gasteiger partial charge in [0.2, 0.25) is 10.2 Å². The molecule has 0 aliphatic carbocycles. The van der Waals surface area contributed by atoms with Crippen molar-refractivity contribution in [2.24, 2.45) is 0 Å². The zero-order chi connectivity index (χ0) is 11.7. The molecule has 16 heavy (non-hydrogen) atoms. The van der Waals surface area contributed by atoms with Crippen LogP contribution in [0, 0.1) is 0 Å². The van der Waals surface area contributed by atoms with E-state index in [9.17, 15) is 9.59 Å². The van der Waals surface area contributed by atoms with E-state index in [1.165, 1.54) is 0 Å². The van der Waals surface area contributed by atoms with E-state index in [0.717, 1.165) is 10.8 Å². The molecule has 0 heterocycles. The summed E-state index contributed by atoms with van der Waals surface area (Å²) in [5.41, 5.74) is 0.995. The molecule has 2 aromatic carbocycles. The summed E-state index contributed by atoms with van der Waals surface area (Å²) in [5.74, 6) is 0. The standard InChI is InChI=1S/C12H8O2S2/c13-11(15)9-5-6-10(12(14)16)8-4-2-1-3-7(8)9/h1-6H,(H,13,15)(H,14,16). The predicted molar refractivity (Wildman–Crippen MR) is 70.6 cm³/mol. The lowest BCUT2D eigenvalue weighted by atomic mass is 10.0. The number of rotatable bonds is 2. The number of carbonyl (C=O) groups excluding carboxylic acids is 2. The molecule has 2 aromatic rings. The molecule has 0 N–H and O–H groups in total. The smallest absolute Gasteiger partial charge is 0.216 e. The van der Waals surface area contributed by atoms with E-state index in [-0.39, 0.29) is 10.2 Å². The second kappa shape index (κ2) is 4.31. The molecule has 0 fully saturated rings. The molecular formula is C12H8O2S2. The predicted octanol–water partition coefficient (Wildman–Crippen LogP) is 2.98. The third-order valence-corrected chi connectivity index (χ3v) is 2.87. The Morgan fingerprint density at radius 3 is 1.44 bits per heavy atom. The van der Waals surface area contributed by atoms with Crippen molar-refractivity contribution in [1.29, 1.82) is 0 Å². The zero-order valence-corrected chi connectivity index (χ0v) is 9.96. The van der Waals surface area contributed by atoms with Crippen LogP contribution < -0.4 is 0 Å². The van der Waals surface area contributed by atoms with Crippen LogP contribution in [0.5, 0.6) is 0 Å². The first-order valence-corrected chi connectivity index (χ1v) is 5.49. The van der Waals surface area contributed by atoms with Crippen molar-refractivity contribution < 1.29 is 9.59 Å². The van der Waals surface area contributed by atoms with Gasteiger partial charge in [0.1, 0.15) is 0 Å². The van der Waals surface area contributed by atoms with Crippen molar-refractivity contribution in [2.75, 3.05) is 0 Å². The molecule has 0 radical (unpaired) electrons. The van der Waals surface area contributed by atoms with Crippen molar-refractivity contribution in [3.05, 3.63) is 47.5 Å². The largest absolute Gasteiger partial charge is 0.282 e. The van der Waals surface area contributed by atoms with E-state index in [0.29, 0.717) is 11.1 Å². The average Bonchev–Trinajstić information content (AvgIpc) is 2.27. The van der Waals surface area contributed by atoms with Gasteiger partial charge in [-0.2, -0.15) is 0 Å². The summed E-state index contributed by atoms with van der Waals surface area (Å²) in [4.78, 5) is 22.6. The lowest BCUT2D eigenvalue weighted by Crippen LogP contribution is -1.96. The molecule has 2 nitrogen and oxygen atoms in total. The third kappa shape index (κ3) is 1.86. The maximum absolute atomic E-state index is 11.3. The SMILES string of the molecule is O=C(S)c1ccc(C(=O)S)c2ccccc12. The molecule has 2 rings (SSSR count). The minimum absolute atomic E-state index is 0.311. The second-order valence-corrected chi connectivity index (χ2v) is 4.13. The number of carbonyl (C=O) groups is 2. The zero-order valence-electron chi connectivity index (χ0n) is 8.18. The Bertz CT molecular complexity index is 538. The monoisotopic (exact) mass is 248 g/mol. The summed E-state index contributed by atoms with van der Waals surface area (Å²) in [5, 5.41) is 0.827. The molecule has 0 saturated carbocycles. The first kappa shape index (κ1) is 11.2. The molecule has 80 valence electrons. The van der Waals surface area contributed by atoms with Gasteiger partial charge in [0, 0.05) is 11.1 Å². The van der Waals surface area contributed by atoms with Crippen molar-refractivity contribution in [3.63, 3.8) is 0 Å². The van der Waals surface area contributed by atoms with Crippen LogP contribution in [0.25, 0.3) is 10.8 Å². The van der Waals surface area contributed by atoms with Crippen LogP contribution in [0.4, 0.5) is 0 Å². The Balaban J connectivity index is 2.87. The van der Waals surface area contributed by atoms with Crippen LogP contribution in [-0.2, 0) is 0 Å². The lowest BCUT2D eigenvalue weighted by Gasteiger charge is -2.06. The first-order valence-electron chi connectivity index (χ1n) is 4.59. The number of fused-ring (bicyclic) bond motifs is 1. The Morgan fingerprint density at radius 1 is 0.750 bits per heavy atom. The number of hydrogen-bond donors (Lipinski definition) is 2. The van der Waals surface area contributed by atoms with Crippen molar-refractivity contribution in [1.82, 2.24) is 0 Å². The van der Waals surface area contributed by atoms with E-state index >= 15 is 0 Å². The van der Waals surface area contributed by atoms with E-state index in [4.69, 9.17) is 0 Å². The fourth-order valence-corrected chi connectivity index (χ4v) is 2.06. The van der Waals surface area contributed by atoms with Crippen LogP contribution in [0.2, 0.25) is 0 Å². The summed E-state index contributed by atoms with van der Waals surface area (Å²) >= 11 is 7.61. The Morgan fingerprint density at radius 2 is 1.12 bits per heavy atom. The highest BCUT2D eigenvalue weighted by Gasteiger charge is 2.11.